The smallest absolute Gasteiger partial charge is 0.331 e. The van der Waals surface area contributed by atoms with Crippen LogP contribution in [0.4, 0.5) is 0 Å². The van der Waals surface area contributed by atoms with E-state index in [4.69, 9.17) is 14.0 Å². The summed E-state index contributed by atoms with van der Waals surface area (Å²) in [5, 5.41) is 6.69. The molecule has 0 radical (unpaired) electrons. The van der Waals surface area contributed by atoms with E-state index in [1.165, 1.54) is 0 Å². The van der Waals surface area contributed by atoms with Crippen molar-refractivity contribution in [2.45, 2.75) is 58.1 Å². The highest BCUT2D eigenvalue weighted by Gasteiger charge is 2.42. The normalized spacial score (nSPS) is 15.6. The van der Waals surface area contributed by atoms with Gasteiger partial charge in [0, 0.05) is 12.5 Å². The second-order valence-electron chi connectivity index (χ2n) is 6.86. The van der Waals surface area contributed by atoms with Crippen LogP contribution in [0.15, 0.2) is 28.8 Å². The van der Waals surface area contributed by atoms with Crippen molar-refractivity contribution in [3.8, 4) is 5.75 Å². The Labute approximate surface area is 163 Å². The Morgan fingerprint density at radius 1 is 1.18 bits per heavy atom. The fourth-order valence-electron chi connectivity index (χ4n) is 3.34. The number of ether oxygens (including phenoxy) is 2. The zero-order valence-corrected chi connectivity index (χ0v) is 16.2. The number of amides is 1. The first kappa shape index (κ1) is 19.9. The molecule has 1 saturated carbocycles. The third-order valence-electron chi connectivity index (χ3n) is 4.78. The fourth-order valence-corrected chi connectivity index (χ4v) is 3.34. The van der Waals surface area contributed by atoms with E-state index < -0.39 is 5.54 Å². The lowest BCUT2D eigenvalue weighted by Gasteiger charge is -2.35. The van der Waals surface area contributed by atoms with Crippen LogP contribution in [0.25, 0.3) is 0 Å². The van der Waals surface area contributed by atoms with Crippen molar-refractivity contribution in [3.63, 3.8) is 0 Å². The van der Waals surface area contributed by atoms with Crippen LogP contribution in [0.1, 0.15) is 61.1 Å². The fraction of sp³-hybridized carbons (Fsp3) is 0.500. The number of esters is 1. The number of carbonyl (C=O) groups is 2. The molecule has 0 atom stereocenters. The van der Waals surface area contributed by atoms with Gasteiger partial charge in [0.15, 0.2) is 6.61 Å². The highest BCUT2D eigenvalue weighted by molar-refractivity contribution is 5.98. The molecule has 8 heteroatoms. The molecular formula is C20H25N3O5. The van der Waals surface area contributed by atoms with Crippen molar-refractivity contribution in [2.24, 2.45) is 0 Å². The average molecular weight is 387 g/mol. The standard InChI is InChI=1S/C20H25N3O5/c1-3-26-19(25)20(11-5-4-6-12-20)22-18(24)15-7-9-16(10-8-15)27-13-17-21-14(2)28-23-17/h7-10H,3-6,11-13H2,1-2H3,(H,22,24). The molecule has 1 aromatic heterocycles. The van der Waals surface area contributed by atoms with Crippen LogP contribution in [0, 0.1) is 6.92 Å². The first-order valence-corrected chi connectivity index (χ1v) is 9.54. The number of aryl methyl sites for hydroxylation is 1. The molecular weight excluding hydrogens is 362 g/mol. The first-order chi connectivity index (χ1) is 13.5. The molecule has 0 bridgehead atoms. The maximum absolute atomic E-state index is 12.7. The molecule has 2 aromatic rings. The number of hydrogen-bond donors (Lipinski definition) is 1. The van der Waals surface area contributed by atoms with Crippen molar-refractivity contribution in [1.29, 1.82) is 0 Å². The number of benzene rings is 1. The largest absolute Gasteiger partial charge is 0.485 e. The van der Waals surface area contributed by atoms with Gasteiger partial charge in [0.25, 0.3) is 5.91 Å². The maximum Gasteiger partial charge on any atom is 0.331 e. The van der Waals surface area contributed by atoms with Crippen molar-refractivity contribution < 1.29 is 23.6 Å². The van der Waals surface area contributed by atoms with Crippen LogP contribution in [0.3, 0.4) is 0 Å². The van der Waals surface area contributed by atoms with Crippen LogP contribution in [-0.4, -0.2) is 34.2 Å². The van der Waals surface area contributed by atoms with E-state index >= 15 is 0 Å². The quantitative estimate of drug-likeness (QED) is 0.729. The molecule has 1 aromatic carbocycles. The van der Waals surface area contributed by atoms with Crippen molar-refractivity contribution in [2.75, 3.05) is 6.61 Å². The van der Waals surface area contributed by atoms with Gasteiger partial charge < -0.3 is 19.3 Å². The van der Waals surface area contributed by atoms with Crippen molar-refractivity contribution in [1.82, 2.24) is 15.5 Å². The Kier molecular flexibility index (Phi) is 6.28. The van der Waals surface area contributed by atoms with Gasteiger partial charge in [-0.3, -0.25) is 4.79 Å². The molecule has 0 spiro atoms. The van der Waals surface area contributed by atoms with Crippen LogP contribution in [0.5, 0.6) is 5.75 Å². The topological polar surface area (TPSA) is 104 Å². The number of carbonyl (C=O) groups excluding carboxylic acids is 2. The summed E-state index contributed by atoms with van der Waals surface area (Å²) in [6.45, 7) is 3.95. The highest BCUT2D eigenvalue weighted by Crippen LogP contribution is 2.30. The Morgan fingerprint density at radius 3 is 2.50 bits per heavy atom. The number of nitrogens with zero attached hydrogens (tertiary/aromatic N) is 2. The zero-order chi connectivity index (χ0) is 20.0. The Balaban J connectivity index is 1.63. The Bertz CT molecular complexity index is 810. The third-order valence-corrected chi connectivity index (χ3v) is 4.78. The van der Waals surface area contributed by atoms with E-state index in [2.05, 4.69) is 15.5 Å². The molecule has 1 N–H and O–H groups in total. The van der Waals surface area contributed by atoms with Gasteiger partial charge in [-0.15, -0.1) is 0 Å². The summed E-state index contributed by atoms with van der Waals surface area (Å²) >= 11 is 0. The molecule has 0 aliphatic heterocycles. The van der Waals surface area contributed by atoms with Gasteiger partial charge in [-0.25, -0.2) is 4.79 Å². The van der Waals surface area contributed by atoms with E-state index in [0.717, 1.165) is 19.3 Å². The second-order valence-corrected chi connectivity index (χ2v) is 6.86. The van der Waals surface area contributed by atoms with Gasteiger partial charge in [-0.2, -0.15) is 4.98 Å². The first-order valence-electron chi connectivity index (χ1n) is 9.54. The van der Waals surface area contributed by atoms with Gasteiger partial charge >= 0.3 is 5.97 Å². The minimum absolute atomic E-state index is 0.175. The zero-order valence-electron chi connectivity index (χ0n) is 16.2. The van der Waals surface area contributed by atoms with Gasteiger partial charge in [0.1, 0.15) is 11.3 Å². The van der Waals surface area contributed by atoms with Crippen LogP contribution < -0.4 is 10.1 Å². The van der Waals surface area contributed by atoms with E-state index in [1.54, 1.807) is 38.1 Å². The van der Waals surface area contributed by atoms with E-state index in [9.17, 15) is 9.59 Å². The van der Waals surface area contributed by atoms with Crippen molar-refractivity contribution >= 4 is 11.9 Å². The van der Waals surface area contributed by atoms with Crippen molar-refractivity contribution in [3.05, 3.63) is 41.5 Å². The summed E-state index contributed by atoms with van der Waals surface area (Å²) in [7, 11) is 0. The monoisotopic (exact) mass is 387 g/mol. The van der Waals surface area contributed by atoms with Gasteiger partial charge in [0.2, 0.25) is 11.7 Å². The lowest BCUT2D eigenvalue weighted by Crippen LogP contribution is -2.56. The van der Waals surface area contributed by atoms with Crippen LogP contribution >= 0.6 is 0 Å². The minimum Gasteiger partial charge on any atom is -0.485 e. The molecule has 28 heavy (non-hydrogen) atoms. The molecule has 0 unspecified atom stereocenters. The molecule has 150 valence electrons. The predicted molar refractivity (Wildman–Crippen MR) is 99.7 cm³/mol. The lowest BCUT2D eigenvalue weighted by atomic mass is 9.81. The molecule has 8 nitrogen and oxygen atoms in total. The summed E-state index contributed by atoms with van der Waals surface area (Å²) in [6, 6.07) is 6.71. The molecule has 1 aliphatic carbocycles. The highest BCUT2D eigenvalue weighted by atomic mass is 16.5. The summed E-state index contributed by atoms with van der Waals surface area (Å²) in [5.41, 5.74) is -0.478. The lowest BCUT2D eigenvalue weighted by molar-refractivity contribution is -0.152. The number of nitrogens with one attached hydrogen (secondary N) is 1. The SMILES string of the molecule is CCOC(=O)C1(NC(=O)c2ccc(OCc3noc(C)n3)cc2)CCCCC1. The van der Waals surface area contributed by atoms with Gasteiger partial charge in [-0.1, -0.05) is 24.4 Å². The van der Waals surface area contributed by atoms with E-state index in [0.29, 0.717) is 42.5 Å². The summed E-state index contributed by atoms with van der Waals surface area (Å²) < 4.78 is 15.7. The second kappa shape index (κ2) is 8.86. The molecule has 1 aliphatic rings. The van der Waals surface area contributed by atoms with Gasteiger partial charge in [0.05, 0.1) is 6.61 Å². The number of hydrogen-bond acceptors (Lipinski definition) is 7. The Morgan fingerprint density at radius 2 is 1.89 bits per heavy atom. The van der Waals surface area contributed by atoms with Gasteiger partial charge in [-0.05, 0) is 44.0 Å². The number of aromatic nitrogens is 2. The average Bonchev–Trinajstić information content (AvgIpc) is 3.13. The maximum atomic E-state index is 12.7. The third kappa shape index (κ3) is 4.68. The molecule has 1 heterocycles. The molecule has 3 rings (SSSR count). The summed E-state index contributed by atoms with van der Waals surface area (Å²) in [4.78, 5) is 29.3. The minimum atomic E-state index is -0.934. The molecule has 1 amide bonds. The van der Waals surface area contributed by atoms with E-state index in [-0.39, 0.29) is 18.5 Å². The molecule has 1 fully saturated rings. The van der Waals surface area contributed by atoms with Crippen LogP contribution in [-0.2, 0) is 16.1 Å². The Hall–Kier alpha value is -2.90. The van der Waals surface area contributed by atoms with Crippen LogP contribution in [0.2, 0.25) is 0 Å². The summed E-state index contributed by atoms with van der Waals surface area (Å²) in [5.74, 6) is 0.863. The molecule has 0 saturated heterocycles. The predicted octanol–water partition coefficient (Wildman–Crippen LogP) is 2.95. The number of rotatable bonds is 7. The van der Waals surface area contributed by atoms with E-state index in [1.807, 2.05) is 0 Å². The summed E-state index contributed by atoms with van der Waals surface area (Å²) in [6.07, 6.45) is 4.04.